The highest BCUT2D eigenvalue weighted by molar-refractivity contribution is 7.09. The van der Waals surface area contributed by atoms with Gasteiger partial charge >= 0.3 is 6.03 Å². The number of amides is 2. The average Bonchev–Trinajstić information content (AvgIpc) is 3.14. The van der Waals surface area contributed by atoms with Crippen LogP contribution in [0.4, 0.5) is 4.79 Å². The largest absolute Gasteiger partial charge is 0.375 e. The number of carbonyl (C=O) groups excluding carboxylic acids is 1. The molecule has 1 saturated carbocycles. The van der Waals surface area contributed by atoms with Crippen LogP contribution in [-0.4, -0.2) is 35.8 Å². The number of ether oxygens (including phenoxy) is 1. The van der Waals surface area contributed by atoms with Crippen LogP contribution >= 0.6 is 11.3 Å². The predicted octanol–water partition coefficient (Wildman–Crippen LogP) is 3.35. The van der Waals surface area contributed by atoms with Crippen LogP contribution < -0.4 is 10.6 Å². The molecule has 0 aromatic carbocycles. The lowest BCUT2D eigenvalue weighted by Crippen LogP contribution is -2.50. The van der Waals surface area contributed by atoms with E-state index in [4.69, 9.17) is 4.74 Å². The fourth-order valence-electron chi connectivity index (χ4n) is 3.69. The van der Waals surface area contributed by atoms with E-state index in [1.165, 1.54) is 12.8 Å². The Balaban J connectivity index is 1.44. The Labute approximate surface area is 142 Å². The van der Waals surface area contributed by atoms with E-state index in [1.807, 2.05) is 6.92 Å². The number of nitrogens with one attached hydrogen (secondary N) is 2. The number of nitrogens with zero attached hydrogens (tertiary/aromatic N) is 1. The van der Waals surface area contributed by atoms with Gasteiger partial charge in [-0.25, -0.2) is 9.78 Å². The first kappa shape index (κ1) is 16.7. The molecule has 2 aliphatic rings. The van der Waals surface area contributed by atoms with E-state index in [0.29, 0.717) is 6.54 Å². The Bertz CT molecular complexity index is 540. The topological polar surface area (TPSA) is 63.2 Å². The lowest BCUT2D eigenvalue weighted by molar-refractivity contribution is -0.0820. The SMILES string of the molecule is Cc1csc(C(C)CNC(=O)NC2CCOC3(CCCC3)C2)n1. The van der Waals surface area contributed by atoms with Gasteiger partial charge in [0.1, 0.15) is 0 Å². The van der Waals surface area contributed by atoms with Gasteiger partial charge in [0, 0.05) is 36.2 Å². The van der Waals surface area contributed by atoms with Crippen LogP contribution in [0.2, 0.25) is 0 Å². The molecule has 1 saturated heterocycles. The second-order valence-corrected chi connectivity index (χ2v) is 7.90. The van der Waals surface area contributed by atoms with Crippen molar-refractivity contribution in [1.82, 2.24) is 15.6 Å². The Morgan fingerprint density at radius 3 is 3.00 bits per heavy atom. The van der Waals surface area contributed by atoms with Crippen molar-refractivity contribution in [2.24, 2.45) is 0 Å². The quantitative estimate of drug-likeness (QED) is 0.885. The van der Waals surface area contributed by atoms with Crippen LogP contribution in [0.3, 0.4) is 0 Å². The Morgan fingerprint density at radius 2 is 2.30 bits per heavy atom. The van der Waals surface area contributed by atoms with Gasteiger partial charge in [0.25, 0.3) is 0 Å². The second-order valence-electron chi connectivity index (χ2n) is 7.01. The van der Waals surface area contributed by atoms with Crippen molar-refractivity contribution in [1.29, 1.82) is 0 Å². The summed E-state index contributed by atoms with van der Waals surface area (Å²) >= 11 is 1.66. The van der Waals surface area contributed by atoms with E-state index in [2.05, 4.69) is 27.9 Å². The summed E-state index contributed by atoms with van der Waals surface area (Å²) in [5, 5.41) is 9.26. The summed E-state index contributed by atoms with van der Waals surface area (Å²) in [6.07, 6.45) is 6.67. The maximum absolute atomic E-state index is 12.2. The minimum Gasteiger partial charge on any atom is -0.375 e. The fraction of sp³-hybridized carbons (Fsp3) is 0.765. The molecule has 1 aromatic heterocycles. The highest BCUT2D eigenvalue weighted by Gasteiger charge is 2.40. The van der Waals surface area contributed by atoms with E-state index < -0.39 is 0 Å². The first-order valence-electron chi connectivity index (χ1n) is 8.67. The third kappa shape index (κ3) is 4.23. The normalized spacial score (nSPS) is 24.5. The van der Waals surface area contributed by atoms with Gasteiger partial charge in [-0.05, 0) is 32.6 Å². The molecule has 5 nitrogen and oxygen atoms in total. The molecule has 2 atom stereocenters. The molecule has 2 unspecified atom stereocenters. The van der Waals surface area contributed by atoms with E-state index in [0.717, 1.165) is 43.0 Å². The molecule has 2 amide bonds. The molecule has 0 radical (unpaired) electrons. The van der Waals surface area contributed by atoms with Crippen molar-refractivity contribution in [3.63, 3.8) is 0 Å². The highest BCUT2D eigenvalue weighted by Crippen LogP contribution is 2.39. The summed E-state index contributed by atoms with van der Waals surface area (Å²) in [7, 11) is 0. The standard InChI is InChI=1S/C17H27N3O2S/c1-12(15-19-13(2)11-23-15)10-18-16(21)20-14-5-8-22-17(9-14)6-3-4-7-17/h11-12,14H,3-10H2,1-2H3,(H2,18,20,21). The molecular weight excluding hydrogens is 310 g/mol. The lowest BCUT2D eigenvalue weighted by Gasteiger charge is -2.38. The van der Waals surface area contributed by atoms with E-state index >= 15 is 0 Å². The smallest absolute Gasteiger partial charge is 0.315 e. The third-order valence-electron chi connectivity index (χ3n) is 4.97. The molecule has 2 N–H and O–H groups in total. The Kier molecular flexibility index (Phi) is 5.21. The molecule has 1 aliphatic heterocycles. The molecule has 2 heterocycles. The molecule has 128 valence electrons. The van der Waals surface area contributed by atoms with Crippen molar-refractivity contribution in [2.45, 2.75) is 69.9 Å². The van der Waals surface area contributed by atoms with Crippen molar-refractivity contribution in [3.05, 3.63) is 16.1 Å². The zero-order valence-corrected chi connectivity index (χ0v) is 14.9. The molecule has 6 heteroatoms. The van der Waals surface area contributed by atoms with Crippen molar-refractivity contribution < 1.29 is 9.53 Å². The molecule has 1 aromatic rings. The number of hydrogen-bond acceptors (Lipinski definition) is 4. The second kappa shape index (κ2) is 7.18. The first-order valence-corrected chi connectivity index (χ1v) is 9.55. The molecule has 1 aliphatic carbocycles. The maximum Gasteiger partial charge on any atom is 0.315 e. The summed E-state index contributed by atoms with van der Waals surface area (Å²) in [5.74, 6) is 0.246. The number of hydrogen-bond donors (Lipinski definition) is 2. The van der Waals surface area contributed by atoms with Gasteiger partial charge in [0.2, 0.25) is 0 Å². The lowest BCUT2D eigenvalue weighted by atomic mass is 9.89. The van der Waals surface area contributed by atoms with Gasteiger partial charge in [0.15, 0.2) is 0 Å². The van der Waals surface area contributed by atoms with Crippen LogP contribution in [0.25, 0.3) is 0 Å². The van der Waals surface area contributed by atoms with E-state index in [1.54, 1.807) is 11.3 Å². The molecule has 23 heavy (non-hydrogen) atoms. The van der Waals surface area contributed by atoms with E-state index in [9.17, 15) is 4.79 Å². The van der Waals surface area contributed by atoms with E-state index in [-0.39, 0.29) is 23.6 Å². The summed E-state index contributed by atoms with van der Waals surface area (Å²) in [6, 6.07) is 0.171. The van der Waals surface area contributed by atoms with Gasteiger partial charge in [-0.15, -0.1) is 11.3 Å². The van der Waals surface area contributed by atoms with Gasteiger partial charge in [-0.2, -0.15) is 0 Å². The Hall–Kier alpha value is -1.14. The number of rotatable bonds is 4. The molecule has 3 rings (SSSR count). The minimum absolute atomic E-state index is 0.0436. The predicted molar refractivity (Wildman–Crippen MR) is 92.0 cm³/mol. The van der Waals surface area contributed by atoms with Crippen LogP contribution in [0.1, 0.15) is 62.1 Å². The summed E-state index contributed by atoms with van der Waals surface area (Å²) in [6.45, 7) is 5.48. The molecule has 2 fully saturated rings. The zero-order valence-electron chi connectivity index (χ0n) is 14.1. The van der Waals surface area contributed by atoms with Gasteiger partial charge < -0.3 is 15.4 Å². The summed E-state index contributed by atoms with van der Waals surface area (Å²) < 4.78 is 6.02. The zero-order chi connectivity index (χ0) is 16.3. The average molecular weight is 337 g/mol. The summed E-state index contributed by atoms with van der Waals surface area (Å²) in [4.78, 5) is 16.7. The molecular formula is C17H27N3O2S. The highest BCUT2D eigenvalue weighted by atomic mass is 32.1. The number of aryl methyl sites for hydroxylation is 1. The van der Waals surface area contributed by atoms with Crippen molar-refractivity contribution in [2.75, 3.05) is 13.2 Å². The number of aromatic nitrogens is 1. The third-order valence-corrected chi connectivity index (χ3v) is 6.16. The van der Waals surface area contributed by atoms with Gasteiger partial charge in [-0.3, -0.25) is 0 Å². The van der Waals surface area contributed by atoms with Crippen LogP contribution in [0.5, 0.6) is 0 Å². The van der Waals surface area contributed by atoms with Crippen LogP contribution in [-0.2, 0) is 4.74 Å². The van der Waals surface area contributed by atoms with Gasteiger partial charge in [0.05, 0.1) is 10.6 Å². The fourth-order valence-corrected chi connectivity index (χ4v) is 4.54. The number of thiazole rings is 1. The van der Waals surface area contributed by atoms with Crippen molar-refractivity contribution >= 4 is 17.4 Å². The van der Waals surface area contributed by atoms with Crippen molar-refractivity contribution in [3.8, 4) is 0 Å². The maximum atomic E-state index is 12.2. The number of urea groups is 1. The van der Waals surface area contributed by atoms with Crippen LogP contribution in [0.15, 0.2) is 5.38 Å². The minimum atomic E-state index is -0.0647. The monoisotopic (exact) mass is 337 g/mol. The first-order chi connectivity index (χ1) is 11.1. The molecule has 1 spiro atoms. The summed E-state index contributed by atoms with van der Waals surface area (Å²) in [5.41, 5.74) is 1.09. The van der Waals surface area contributed by atoms with Gasteiger partial charge in [-0.1, -0.05) is 19.8 Å². The molecule has 0 bridgehead atoms. The number of carbonyl (C=O) groups is 1. The Morgan fingerprint density at radius 1 is 1.52 bits per heavy atom. The van der Waals surface area contributed by atoms with Crippen LogP contribution in [0, 0.1) is 6.92 Å².